The average molecular weight is 359 g/mol. The summed E-state index contributed by atoms with van der Waals surface area (Å²) >= 11 is 0. The zero-order valence-electron chi connectivity index (χ0n) is 15.1. The number of carbonyl (C=O) groups is 2. The monoisotopic (exact) mass is 359 g/mol. The standard InChI is InChI=1S/C19H21NO6/c1-23-11-16(21)14-7-6-13(24-2)10-15(14)20-19(22)12-5-8-17(25-3)18(9-12)26-4/h5-10H,11H2,1-4H3,(H,20,22). The van der Waals surface area contributed by atoms with E-state index in [4.69, 9.17) is 18.9 Å². The van der Waals surface area contributed by atoms with Crippen LogP contribution in [-0.4, -0.2) is 46.7 Å². The molecule has 0 saturated carbocycles. The van der Waals surface area contributed by atoms with Gasteiger partial charge in [0.15, 0.2) is 17.3 Å². The molecule has 0 saturated heterocycles. The molecule has 0 spiro atoms. The van der Waals surface area contributed by atoms with Crippen molar-refractivity contribution in [2.75, 3.05) is 40.4 Å². The molecular weight excluding hydrogens is 338 g/mol. The molecule has 26 heavy (non-hydrogen) atoms. The minimum atomic E-state index is -0.398. The molecule has 0 aliphatic heterocycles. The van der Waals surface area contributed by atoms with Gasteiger partial charge in [-0.05, 0) is 30.3 Å². The van der Waals surface area contributed by atoms with E-state index in [1.165, 1.54) is 28.4 Å². The number of rotatable bonds is 8. The number of Topliss-reactive ketones (excluding diaryl/α,β-unsaturated/α-hetero) is 1. The topological polar surface area (TPSA) is 83.1 Å². The molecule has 0 radical (unpaired) electrons. The van der Waals surface area contributed by atoms with E-state index in [9.17, 15) is 9.59 Å². The summed E-state index contributed by atoms with van der Waals surface area (Å²) in [5, 5.41) is 2.74. The lowest BCUT2D eigenvalue weighted by Gasteiger charge is -2.13. The maximum Gasteiger partial charge on any atom is 0.255 e. The number of hydrogen-bond donors (Lipinski definition) is 1. The van der Waals surface area contributed by atoms with Crippen molar-refractivity contribution in [3.8, 4) is 17.2 Å². The largest absolute Gasteiger partial charge is 0.497 e. The van der Waals surface area contributed by atoms with Crippen molar-refractivity contribution in [3.05, 3.63) is 47.5 Å². The molecule has 0 heterocycles. The molecule has 7 heteroatoms. The normalized spacial score (nSPS) is 10.2. The smallest absolute Gasteiger partial charge is 0.255 e. The van der Waals surface area contributed by atoms with Crippen LogP contribution in [-0.2, 0) is 4.74 Å². The fraction of sp³-hybridized carbons (Fsp3) is 0.263. The first-order chi connectivity index (χ1) is 12.5. The van der Waals surface area contributed by atoms with Gasteiger partial charge >= 0.3 is 0 Å². The van der Waals surface area contributed by atoms with Gasteiger partial charge in [0, 0.05) is 24.3 Å². The fourth-order valence-electron chi connectivity index (χ4n) is 2.38. The number of hydrogen-bond acceptors (Lipinski definition) is 6. The number of ketones is 1. The zero-order chi connectivity index (χ0) is 19.1. The van der Waals surface area contributed by atoms with Crippen LogP contribution in [0.1, 0.15) is 20.7 Å². The second-order valence-corrected chi connectivity index (χ2v) is 5.29. The number of ether oxygens (including phenoxy) is 4. The molecule has 1 amide bonds. The molecule has 7 nitrogen and oxygen atoms in total. The molecule has 2 aromatic rings. The lowest BCUT2D eigenvalue weighted by atomic mass is 10.1. The number of anilines is 1. The zero-order valence-corrected chi connectivity index (χ0v) is 15.1. The van der Waals surface area contributed by atoms with Crippen molar-refractivity contribution in [2.24, 2.45) is 0 Å². The number of carbonyl (C=O) groups excluding carboxylic acids is 2. The number of methoxy groups -OCH3 is 4. The van der Waals surface area contributed by atoms with E-state index < -0.39 is 5.91 Å². The third-order valence-corrected chi connectivity index (χ3v) is 3.70. The maximum atomic E-state index is 12.6. The van der Waals surface area contributed by atoms with Crippen molar-refractivity contribution in [2.45, 2.75) is 0 Å². The Morgan fingerprint density at radius 2 is 1.62 bits per heavy atom. The van der Waals surface area contributed by atoms with Crippen LogP contribution in [0.5, 0.6) is 17.2 Å². The second kappa shape index (κ2) is 8.87. The van der Waals surface area contributed by atoms with Crippen LogP contribution in [0.4, 0.5) is 5.69 Å². The Morgan fingerprint density at radius 1 is 0.885 bits per heavy atom. The van der Waals surface area contributed by atoms with Gasteiger partial charge in [0.05, 0.1) is 27.0 Å². The molecule has 0 bridgehead atoms. The first-order valence-corrected chi connectivity index (χ1v) is 7.77. The number of benzene rings is 2. The summed E-state index contributed by atoms with van der Waals surface area (Å²) in [6.45, 7) is -0.0917. The van der Waals surface area contributed by atoms with Gasteiger partial charge in [0.25, 0.3) is 5.91 Å². The molecule has 138 valence electrons. The van der Waals surface area contributed by atoms with Gasteiger partial charge in [-0.1, -0.05) is 0 Å². The highest BCUT2D eigenvalue weighted by atomic mass is 16.5. The minimum Gasteiger partial charge on any atom is -0.497 e. The van der Waals surface area contributed by atoms with Crippen molar-refractivity contribution in [1.82, 2.24) is 0 Å². The Bertz CT molecular complexity index is 803. The molecule has 0 aliphatic rings. The predicted molar refractivity (Wildman–Crippen MR) is 96.7 cm³/mol. The van der Waals surface area contributed by atoms with E-state index in [2.05, 4.69) is 5.32 Å². The summed E-state index contributed by atoms with van der Waals surface area (Å²) in [7, 11) is 5.94. The van der Waals surface area contributed by atoms with E-state index in [1.54, 1.807) is 36.4 Å². The van der Waals surface area contributed by atoms with E-state index in [0.717, 1.165) is 0 Å². The van der Waals surface area contributed by atoms with Gasteiger partial charge in [-0.3, -0.25) is 9.59 Å². The lowest BCUT2D eigenvalue weighted by molar-refractivity contribution is 0.0849. The summed E-state index contributed by atoms with van der Waals surface area (Å²) in [6, 6.07) is 9.62. The lowest BCUT2D eigenvalue weighted by Crippen LogP contribution is -2.16. The predicted octanol–water partition coefficient (Wildman–Crippen LogP) is 2.79. The maximum absolute atomic E-state index is 12.6. The summed E-state index contributed by atoms with van der Waals surface area (Å²) in [5.41, 5.74) is 1.03. The molecular formula is C19H21NO6. The van der Waals surface area contributed by atoms with Crippen molar-refractivity contribution < 1.29 is 28.5 Å². The van der Waals surface area contributed by atoms with Gasteiger partial charge in [0.2, 0.25) is 0 Å². The molecule has 0 unspecified atom stereocenters. The van der Waals surface area contributed by atoms with Crippen LogP contribution in [0.25, 0.3) is 0 Å². The van der Waals surface area contributed by atoms with E-state index in [0.29, 0.717) is 34.1 Å². The highest BCUT2D eigenvalue weighted by Crippen LogP contribution is 2.29. The van der Waals surface area contributed by atoms with Crippen LogP contribution in [0, 0.1) is 0 Å². The summed E-state index contributed by atoms with van der Waals surface area (Å²) in [4.78, 5) is 24.8. The van der Waals surface area contributed by atoms with E-state index >= 15 is 0 Å². The minimum absolute atomic E-state index is 0.0917. The molecule has 0 aliphatic carbocycles. The molecule has 0 aromatic heterocycles. The Balaban J connectivity index is 2.34. The second-order valence-electron chi connectivity index (χ2n) is 5.29. The Hall–Kier alpha value is -3.06. The van der Waals surface area contributed by atoms with Crippen molar-refractivity contribution in [3.63, 3.8) is 0 Å². The quantitative estimate of drug-likeness (QED) is 0.730. The van der Waals surface area contributed by atoms with E-state index in [-0.39, 0.29) is 12.4 Å². The van der Waals surface area contributed by atoms with Gasteiger partial charge in [0.1, 0.15) is 12.4 Å². The summed E-state index contributed by atoms with van der Waals surface area (Å²) in [5.74, 6) is 0.813. The Labute approximate surface area is 151 Å². The van der Waals surface area contributed by atoms with Crippen LogP contribution in [0.15, 0.2) is 36.4 Å². The highest BCUT2D eigenvalue weighted by molar-refractivity contribution is 6.10. The molecule has 0 atom stereocenters. The number of amides is 1. The van der Waals surface area contributed by atoms with Crippen LogP contribution < -0.4 is 19.5 Å². The third kappa shape index (κ3) is 4.31. The average Bonchev–Trinajstić information content (AvgIpc) is 2.67. The van der Waals surface area contributed by atoms with Crippen LogP contribution in [0.2, 0.25) is 0 Å². The summed E-state index contributed by atoms with van der Waals surface area (Å²) in [6.07, 6.45) is 0. The van der Waals surface area contributed by atoms with Crippen molar-refractivity contribution >= 4 is 17.4 Å². The Morgan fingerprint density at radius 3 is 2.23 bits per heavy atom. The molecule has 2 rings (SSSR count). The highest BCUT2D eigenvalue weighted by Gasteiger charge is 2.17. The molecule has 1 N–H and O–H groups in total. The summed E-state index contributed by atoms with van der Waals surface area (Å²) < 4.78 is 20.4. The third-order valence-electron chi connectivity index (χ3n) is 3.70. The molecule has 2 aromatic carbocycles. The van der Waals surface area contributed by atoms with Crippen molar-refractivity contribution in [1.29, 1.82) is 0 Å². The van der Waals surface area contributed by atoms with Gasteiger partial charge in [-0.2, -0.15) is 0 Å². The molecule has 0 fully saturated rings. The van der Waals surface area contributed by atoms with Crippen LogP contribution in [0.3, 0.4) is 0 Å². The van der Waals surface area contributed by atoms with E-state index in [1.807, 2.05) is 0 Å². The van der Waals surface area contributed by atoms with Crippen LogP contribution >= 0.6 is 0 Å². The SMILES string of the molecule is COCC(=O)c1ccc(OC)cc1NC(=O)c1ccc(OC)c(OC)c1. The van der Waals surface area contributed by atoms with Gasteiger partial charge < -0.3 is 24.3 Å². The first kappa shape index (κ1) is 19.3. The fourth-order valence-corrected chi connectivity index (χ4v) is 2.38. The van der Waals surface area contributed by atoms with Gasteiger partial charge in [-0.15, -0.1) is 0 Å². The Kier molecular flexibility index (Phi) is 6.57. The first-order valence-electron chi connectivity index (χ1n) is 7.77. The number of nitrogens with one attached hydrogen (secondary N) is 1. The van der Waals surface area contributed by atoms with Gasteiger partial charge in [-0.25, -0.2) is 0 Å².